The molecule has 1 aromatic heterocycles. The second-order valence-corrected chi connectivity index (χ2v) is 10.5. The van der Waals surface area contributed by atoms with Crippen molar-refractivity contribution < 1.29 is 14.3 Å². The van der Waals surface area contributed by atoms with Crippen LogP contribution in [-0.4, -0.2) is 64.0 Å². The first-order valence-corrected chi connectivity index (χ1v) is 13.7. The smallest absolute Gasteiger partial charge is 0.416 e. The molecule has 208 valence electrons. The Labute approximate surface area is 231 Å². The number of anilines is 2. The molecular weight excluding hydrogens is 492 g/mol. The Morgan fingerprint density at radius 3 is 2.41 bits per heavy atom. The van der Waals surface area contributed by atoms with Crippen molar-refractivity contribution in [2.45, 2.75) is 65.3 Å². The molecule has 3 heterocycles. The molecule has 2 atom stereocenters. The van der Waals surface area contributed by atoms with E-state index in [4.69, 9.17) is 4.74 Å². The molecule has 39 heavy (non-hydrogen) atoms. The number of benzene rings is 1. The molecule has 0 radical (unpaired) electrons. The maximum atomic E-state index is 12.3. The summed E-state index contributed by atoms with van der Waals surface area (Å²) in [4.78, 5) is 39.3. The highest BCUT2D eigenvalue weighted by molar-refractivity contribution is 5.89. The maximum Gasteiger partial charge on any atom is 0.416 e. The van der Waals surface area contributed by atoms with Crippen molar-refractivity contribution in [2.24, 2.45) is 0 Å². The van der Waals surface area contributed by atoms with E-state index < -0.39 is 0 Å². The van der Waals surface area contributed by atoms with E-state index in [1.165, 1.54) is 17.2 Å². The van der Waals surface area contributed by atoms with Crippen LogP contribution in [0, 0.1) is 0 Å². The van der Waals surface area contributed by atoms with E-state index in [2.05, 4.69) is 71.5 Å². The van der Waals surface area contributed by atoms with Crippen molar-refractivity contribution in [3.8, 4) is 0 Å². The zero-order valence-corrected chi connectivity index (χ0v) is 23.5. The van der Waals surface area contributed by atoms with E-state index in [9.17, 15) is 9.59 Å². The second-order valence-electron chi connectivity index (χ2n) is 10.5. The first-order valence-electron chi connectivity index (χ1n) is 13.7. The molecule has 1 N–H and O–H groups in total. The summed E-state index contributed by atoms with van der Waals surface area (Å²) in [5.74, 6) is 1.06. The summed E-state index contributed by atoms with van der Waals surface area (Å²) in [7, 11) is 0. The van der Waals surface area contributed by atoms with Gasteiger partial charge in [-0.15, -0.1) is 0 Å². The third-order valence-corrected chi connectivity index (χ3v) is 7.52. The predicted octanol–water partition coefficient (Wildman–Crippen LogP) is 5.24. The average Bonchev–Trinajstić information content (AvgIpc) is 2.95. The van der Waals surface area contributed by atoms with Gasteiger partial charge in [0.1, 0.15) is 12.4 Å². The summed E-state index contributed by atoms with van der Waals surface area (Å²) in [6, 6.07) is 8.75. The van der Waals surface area contributed by atoms with Crippen LogP contribution in [0.3, 0.4) is 0 Å². The fourth-order valence-electron chi connectivity index (χ4n) is 5.07. The zero-order valence-electron chi connectivity index (χ0n) is 23.5. The van der Waals surface area contributed by atoms with E-state index >= 15 is 0 Å². The largest absolute Gasteiger partial charge is 0.444 e. The van der Waals surface area contributed by atoms with E-state index in [0.717, 1.165) is 37.1 Å². The summed E-state index contributed by atoms with van der Waals surface area (Å²) in [6.07, 6.45) is 4.55. The average molecular weight is 533 g/mol. The van der Waals surface area contributed by atoms with Gasteiger partial charge in [0.15, 0.2) is 0 Å². The summed E-state index contributed by atoms with van der Waals surface area (Å²) in [6.45, 7) is 19.2. The van der Waals surface area contributed by atoms with Gasteiger partial charge in [0, 0.05) is 44.5 Å². The molecule has 0 aliphatic carbocycles. The van der Waals surface area contributed by atoms with Crippen LogP contribution in [0.2, 0.25) is 0 Å². The number of nitrogens with zero attached hydrogens (tertiary/aromatic N) is 5. The minimum Gasteiger partial charge on any atom is -0.444 e. The minimum absolute atomic E-state index is 0.00485. The standard InChI is InChI=1S/C30H40N6O3/c1-7-21(5)17-26(34-13-15-35(16-14-34)27(37)8-2)24-11-9-23(10-12-24)22(6)32-29-31-18-25-19-39-30(38)36(20(3)4)28(25)33-29/h8-12,18,20,22,26H,2,5,7,13-17,19H2,1,3-4,6H3,(H,31,32,33)/t22-,26?/m0/s1. The number of aromatic nitrogens is 2. The summed E-state index contributed by atoms with van der Waals surface area (Å²) < 4.78 is 5.25. The van der Waals surface area contributed by atoms with Crippen molar-refractivity contribution in [3.05, 3.63) is 72.0 Å². The molecule has 1 fully saturated rings. The topological polar surface area (TPSA) is 90.9 Å². The number of ether oxygens (including phenoxy) is 1. The number of amides is 2. The number of fused-ring (bicyclic) bond motifs is 1. The van der Waals surface area contributed by atoms with Gasteiger partial charge in [-0.25, -0.2) is 9.78 Å². The Morgan fingerprint density at radius 1 is 1.13 bits per heavy atom. The Kier molecular flexibility index (Phi) is 9.01. The van der Waals surface area contributed by atoms with Gasteiger partial charge in [0.25, 0.3) is 0 Å². The van der Waals surface area contributed by atoms with E-state index in [1.807, 2.05) is 18.7 Å². The fraction of sp³-hybridized carbons (Fsp3) is 0.467. The SMILES string of the molecule is C=CC(=O)N1CCN(C(CC(=C)CC)c2ccc([C@H](C)Nc3ncc4c(n3)N(C(C)C)C(=O)OC4)cc2)CC1. The second kappa shape index (κ2) is 12.4. The van der Waals surface area contributed by atoms with Crippen molar-refractivity contribution in [1.82, 2.24) is 19.8 Å². The number of nitrogens with one attached hydrogen (secondary N) is 1. The Morgan fingerprint density at radius 2 is 1.79 bits per heavy atom. The van der Waals surface area contributed by atoms with Gasteiger partial charge in [-0.1, -0.05) is 49.9 Å². The molecule has 1 aromatic carbocycles. The number of piperazine rings is 1. The molecule has 9 nitrogen and oxygen atoms in total. The number of rotatable bonds is 10. The van der Waals surface area contributed by atoms with Crippen molar-refractivity contribution in [1.29, 1.82) is 0 Å². The van der Waals surface area contributed by atoms with Gasteiger partial charge in [-0.2, -0.15) is 4.98 Å². The van der Waals surface area contributed by atoms with Gasteiger partial charge >= 0.3 is 6.09 Å². The van der Waals surface area contributed by atoms with E-state index in [-0.39, 0.29) is 36.7 Å². The lowest BCUT2D eigenvalue weighted by Crippen LogP contribution is -2.49. The first-order chi connectivity index (χ1) is 18.7. The van der Waals surface area contributed by atoms with Crippen LogP contribution >= 0.6 is 0 Å². The molecule has 9 heteroatoms. The van der Waals surface area contributed by atoms with Crippen LogP contribution in [0.15, 0.2) is 55.3 Å². The number of hydrogen-bond acceptors (Lipinski definition) is 7. The molecule has 1 saturated heterocycles. The predicted molar refractivity (Wildman–Crippen MR) is 153 cm³/mol. The van der Waals surface area contributed by atoms with Crippen LogP contribution in [0.25, 0.3) is 0 Å². The van der Waals surface area contributed by atoms with Gasteiger partial charge in [-0.3, -0.25) is 14.6 Å². The van der Waals surface area contributed by atoms with Crippen LogP contribution in [0.1, 0.15) is 69.3 Å². The van der Waals surface area contributed by atoms with Crippen LogP contribution in [-0.2, 0) is 16.1 Å². The molecule has 0 bridgehead atoms. The van der Waals surface area contributed by atoms with Crippen molar-refractivity contribution in [3.63, 3.8) is 0 Å². The molecule has 2 aromatic rings. The maximum absolute atomic E-state index is 12.3. The molecule has 2 aliphatic rings. The normalized spacial score (nSPS) is 17.3. The Balaban J connectivity index is 1.47. The van der Waals surface area contributed by atoms with Crippen molar-refractivity contribution >= 4 is 23.8 Å². The Bertz CT molecular complexity index is 1200. The summed E-state index contributed by atoms with van der Waals surface area (Å²) in [5.41, 5.74) is 4.35. The summed E-state index contributed by atoms with van der Waals surface area (Å²) in [5, 5.41) is 3.39. The summed E-state index contributed by atoms with van der Waals surface area (Å²) >= 11 is 0. The zero-order chi connectivity index (χ0) is 28.1. The molecule has 1 unspecified atom stereocenters. The minimum atomic E-state index is -0.389. The highest BCUT2D eigenvalue weighted by atomic mass is 16.6. The van der Waals surface area contributed by atoms with Gasteiger partial charge in [0.05, 0.1) is 11.6 Å². The fourth-order valence-corrected chi connectivity index (χ4v) is 5.07. The molecular formula is C30H40N6O3. The number of carbonyl (C=O) groups excluding carboxylic acids is 2. The monoisotopic (exact) mass is 532 g/mol. The number of cyclic esters (lactones) is 1. The third kappa shape index (κ3) is 6.47. The van der Waals surface area contributed by atoms with Crippen LogP contribution < -0.4 is 10.2 Å². The van der Waals surface area contributed by atoms with Crippen LogP contribution in [0.5, 0.6) is 0 Å². The Hall–Kier alpha value is -3.72. The molecule has 2 aliphatic heterocycles. The quantitative estimate of drug-likeness (QED) is 0.330. The molecule has 0 saturated carbocycles. The van der Waals surface area contributed by atoms with Crippen molar-refractivity contribution in [2.75, 3.05) is 36.4 Å². The lowest BCUT2D eigenvalue weighted by molar-refractivity contribution is -0.128. The van der Waals surface area contributed by atoms with E-state index in [0.29, 0.717) is 24.9 Å². The lowest BCUT2D eigenvalue weighted by atomic mass is 9.94. The lowest BCUT2D eigenvalue weighted by Gasteiger charge is -2.39. The van der Waals surface area contributed by atoms with E-state index in [1.54, 1.807) is 11.1 Å². The van der Waals surface area contributed by atoms with Gasteiger partial charge in [-0.05, 0) is 50.8 Å². The number of hydrogen-bond donors (Lipinski definition) is 1. The highest BCUT2D eigenvalue weighted by Crippen LogP contribution is 2.31. The first kappa shape index (κ1) is 28.3. The van der Waals surface area contributed by atoms with Crippen LogP contribution in [0.4, 0.5) is 16.6 Å². The van der Waals surface area contributed by atoms with Gasteiger partial charge in [0.2, 0.25) is 11.9 Å². The molecule has 2 amide bonds. The third-order valence-electron chi connectivity index (χ3n) is 7.52. The molecule has 0 spiro atoms. The van der Waals surface area contributed by atoms with Gasteiger partial charge < -0.3 is 15.0 Å². The number of carbonyl (C=O) groups is 2. The highest BCUT2D eigenvalue weighted by Gasteiger charge is 2.30. The molecule has 4 rings (SSSR count).